The fraction of sp³-hybridized carbons (Fsp3) is 0.900. The number of Topliss-reactive ketones (excluding diaryl/α,β-unsaturated/α-hetero) is 1. The van der Waals surface area contributed by atoms with Crippen molar-refractivity contribution in [3.8, 4) is 0 Å². The van der Waals surface area contributed by atoms with Gasteiger partial charge in [0.25, 0.3) is 0 Å². The summed E-state index contributed by atoms with van der Waals surface area (Å²) in [6, 6.07) is 0. The maximum Gasteiger partial charge on any atom is 0.183 e. The summed E-state index contributed by atoms with van der Waals surface area (Å²) >= 11 is 0. The Morgan fingerprint density at radius 1 is 1.27 bits per heavy atom. The number of ketones is 1. The summed E-state index contributed by atoms with van der Waals surface area (Å²) in [6.45, 7) is 4.88. The van der Waals surface area contributed by atoms with Gasteiger partial charge in [0, 0.05) is 27.2 Å². The smallest absolute Gasteiger partial charge is 0.183 e. The van der Waals surface area contributed by atoms with Gasteiger partial charge in [-0.1, -0.05) is 6.92 Å². The van der Waals surface area contributed by atoms with Crippen LogP contribution in [-0.2, 0) is 18.6 Å². The Labute approximate surface area is 93.2 Å². The minimum absolute atomic E-state index is 0.167. The fourth-order valence-corrected chi connectivity index (χ4v) is 2.49. The van der Waals surface area contributed by atoms with E-state index in [1.54, 1.807) is 14.2 Å². The molecule has 0 N–H and O–H groups in total. The van der Waals surface area contributed by atoms with E-state index >= 15 is 0 Å². The van der Waals surface area contributed by atoms with Gasteiger partial charge in [-0.15, -0.1) is 0 Å². The molecular weight excluding hydrogens is 215 g/mol. The van der Waals surface area contributed by atoms with Crippen LogP contribution in [0.25, 0.3) is 0 Å². The molecule has 90 valence electrons. The lowest BCUT2D eigenvalue weighted by Crippen LogP contribution is -2.25. The Kier molecular flexibility index (Phi) is 9.21. The molecule has 0 saturated carbocycles. The fourth-order valence-electron chi connectivity index (χ4n) is 1.24. The maximum absolute atomic E-state index is 11.8. The Balaban J connectivity index is 4.33. The van der Waals surface area contributed by atoms with Gasteiger partial charge in [0.15, 0.2) is 8.38 Å². The zero-order valence-electron chi connectivity index (χ0n) is 9.99. The van der Waals surface area contributed by atoms with E-state index in [4.69, 9.17) is 13.8 Å². The van der Waals surface area contributed by atoms with Crippen molar-refractivity contribution < 1.29 is 18.6 Å². The molecule has 0 fully saturated rings. The standard InChI is InChI=1S/C10H21O4P/c1-5-7-9(11)10(8-14-6-2)15(12-3)13-4/h10H,5-8H2,1-4H3. The predicted molar refractivity (Wildman–Crippen MR) is 61.1 cm³/mol. The Bertz CT molecular complexity index is 171. The molecule has 0 heterocycles. The van der Waals surface area contributed by atoms with Gasteiger partial charge in [0.05, 0.1) is 6.61 Å². The van der Waals surface area contributed by atoms with Crippen LogP contribution in [0.3, 0.4) is 0 Å². The number of carbonyl (C=O) groups is 1. The summed E-state index contributed by atoms with van der Waals surface area (Å²) in [6.07, 6.45) is 1.40. The van der Waals surface area contributed by atoms with E-state index in [9.17, 15) is 4.79 Å². The number of carbonyl (C=O) groups excluding carboxylic acids is 1. The molecule has 5 heteroatoms. The highest BCUT2D eigenvalue weighted by Crippen LogP contribution is 2.43. The van der Waals surface area contributed by atoms with Crippen LogP contribution in [0.1, 0.15) is 26.7 Å². The predicted octanol–water partition coefficient (Wildman–Crippen LogP) is 2.37. The van der Waals surface area contributed by atoms with Gasteiger partial charge in [0.1, 0.15) is 11.4 Å². The van der Waals surface area contributed by atoms with Crippen molar-refractivity contribution in [1.82, 2.24) is 0 Å². The molecule has 4 nitrogen and oxygen atoms in total. The van der Waals surface area contributed by atoms with Gasteiger partial charge in [-0.25, -0.2) is 0 Å². The van der Waals surface area contributed by atoms with E-state index in [0.717, 1.165) is 6.42 Å². The summed E-state index contributed by atoms with van der Waals surface area (Å²) in [7, 11) is 1.97. The van der Waals surface area contributed by atoms with E-state index in [-0.39, 0.29) is 11.4 Å². The molecule has 0 amide bonds. The monoisotopic (exact) mass is 236 g/mol. The molecule has 0 aromatic rings. The number of ether oxygens (including phenoxy) is 1. The molecule has 15 heavy (non-hydrogen) atoms. The minimum Gasteiger partial charge on any atom is -0.380 e. The second-order valence-electron chi connectivity index (χ2n) is 3.04. The highest BCUT2D eigenvalue weighted by Gasteiger charge is 2.28. The number of rotatable bonds is 9. The molecule has 0 aliphatic carbocycles. The van der Waals surface area contributed by atoms with Crippen molar-refractivity contribution in [3.05, 3.63) is 0 Å². The lowest BCUT2D eigenvalue weighted by molar-refractivity contribution is -0.120. The van der Waals surface area contributed by atoms with Gasteiger partial charge in [-0.2, -0.15) is 0 Å². The van der Waals surface area contributed by atoms with Crippen LogP contribution in [0.5, 0.6) is 0 Å². The Morgan fingerprint density at radius 3 is 2.27 bits per heavy atom. The highest BCUT2D eigenvalue weighted by molar-refractivity contribution is 7.49. The van der Waals surface area contributed by atoms with Crippen LogP contribution in [0.4, 0.5) is 0 Å². The Morgan fingerprint density at radius 2 is 1.87 bits per heavy atom. The van der Waals surface area contributed by atoms with Crippen LogP contribution in [0, 0.1) is 0 Å². The van der Waals surface area contributed by atoms with Gasteiger partial charge in [0.2, 0.25) is 0 Å². The highest BCUT2D eigenvalue weighted by atomic mass is 31.2. The Hall–Kier alpha value is -0.0200. The summed E-state index contributed by atoms with van der Waals surface area (Å²) < 4.78 is 15.6. The molecule has 0 aliphatic rings. The summed E-state index contributed by atoms with van der Waals surface area (Å²) in [5.74, 6) is 0.167. The zero-order valence-corrected chi connectivity index (χ0v) is 10.9. The largest absolute Gasteiger partial charge is 0.380 e. The molecule has 0 aliphatic heterocycles. The van der Waals surface area contributed by atoms with E-state index in [1.165, 1.54) is 0 Å². The molecule has 1 atom stereocenters. The lowest BCUT2D eigenvalue weighted by Gasteiger charge is -2.22. The molecular formula is C10H21O4P. The summed E-state index contributed by atoms with van der Waals surface area (Å²) in [5, 5.41) is 0. The van der Waals surface area contributed by atoms with Crippen molar-refractivity contribution in [2.45, 2.75) is 32.3 Å². The molecule has 0 saturated heterocycles. The second kappa shape index (κ2) is 9.22. The van der Waals surface area contributed by atoms with Crippen LogP contribution in [0.2, 0.25) is 0 Å². The molecule has 0 aromatic carbocycles. The average Bonchev–Trinajstić information content (AvgIpc) is 2.24. The van der Waals surface area contributed by atoms with Crippen molar-refractivity contribution in [3.63, 3.8) is 0 Å². The molecule has 0 bridgehead atoms. The first-order valence-corrected chi connectivity index (χ1v) is 6.43. The average molecular weight is 236 g/mol. The van der Waals surface area contributed by atoms with E-state index in [1.807, 2.05) is 13.8 Å². The van der Waals surface area contributed by atoms with Gasteiger partial charge >= 0.3 is 0 Å². The van der Waals surface area contributed by atoms with Crippen molar-refractivity contribution in [1.29, 1.82) is 0 Å². The van der Waals surface area contributed by atoms with E-state index < -0.39 is 8.38 Å². The molecule has 0 rings (SSSR count). The zero-order chi connectivity index (χ0) is 11.7. The van der Waals surface area contributed by atoms with Gasteiger partial charge in [-0.05, 0) is 13.3 Å². The quantitative estimate of drug-likeness (QED) is 0.576. The summed E-state index contributed by atoms with van der Waals surface area (Å²) in [4.78, 5) is 11.8. The number of hydrogen-bond acceptors (Lipinski definition) is 4. The van der Waals surface area contributed by atoms with Crippen molar-refractivity contribution in [2.75, 3.05) is 27.4 Å². The van der Waals surface area contributed by atoms with Crippen molar-refractivity contribution in [2.24, 2.45) is 0 Å². The van der Waals surface area contributed by atoms with Crippen LogP contribution < -0.4 is 0 Å². The third kappa shape index (κ3) is 5.57. The first kappa shape index (κ1) is 15.0. The normalized spacial score (nSPS) is 13.1. The first-order chi connectivity index (χ1) is 7.21. The molecule has 0 aromatic heterocycles. The van der Waals surface area contributed by atoms with E-state index in [2.05, 4.69) is 0 Å². The topological polar surface area (TPSA) is 44.8 Å². The third-order valence-electron chi connectivity index (χ3n) is 1.96. The third-order valence-corrected chi connectivity index (χ3v) is 3.63. The second-order valence-corrected chi connectivity index (χ2v) is 4.97. The minimum atomic E-state index is -1.16. The molecule has 1 unspecified atom stereocenters. The maximum atomic E-state index is 11.8. The van der Waals surface area contributed by atoms with Crippen molar-refractivity contribution >= 4 is 14.2 Å². The molecule has 0 spiro atoms. The van der Waals surface area contributed by atoms with Crippen LogP contribution in [0.15, 0.2) is 0 Å². The lowest BCUT2D eigenvalue weighted by atomic mass is 10.2. The van der Waals surface area contributed by atoms with Gasteiger partial charge in [-0.3, -0.25) is 4.79 Å². The number of hydrogen-bond donors (Lipinski definition) is 0. The molecule has 0 radical (unpaired) electrons. The van der Waals surface area contributed by atoms with Gasteiger partial charge < -0.3 is 13.8 Å². The summed E-state index contributed by atoms with van der Waals surface area (Å²) in [5.41, 5.74) is -0.255. The first-order valence-electron chi connectivity index (χ1n) is 5.19. The van der Waals surface area contributed by atoms with Crippen LogP contribution >= 0.6 is 8.38 Å². The van der Waals surface area contributed by atoms with E-state index in [0.29, 0.717) is 19.6 Å². The van der Waals surface area contributed by atoms with Crippen LogP contribution in [-0.4, -0.2) is 38.9 Å². The SMILES string of the molecule is CCCC(=O)C(COCC)P(OC)OC.